The number of carboxylic acid groups (broad SMARTS) is 1. The van der Waals surface area contributed by atoms with E-state index in [1.165, 1.54) is 25.7 Å². The predicted octanol–water partition coefficient (Wildman–Crippen LogP) is 6.16. The Morgan fingerprint density at radius 3 is 2.26 bits per heavy atom. The van der Waals surface area contributed by atoms with E-state index >= 15 is 0 Å². The number of carboxylic acids is 1. The molecule has 0 spiro atoms. The minimum atomic E-state index is -0.940. The van der Waals surface area contributed by atoms with E-state index in [0.717, 1.165) is 49.1 Å². The fourth-order valence-corrected chi connectivity index (χ4v) is 4.25. The molecule has 1 heterocycles. The van der Waals surface area contributed by atoms with Crippen LogP contribution in [0.2, 0.25) is 0 Å². The molecule has 0 atom stereocenters. The summed E-state index contributed by atoms with van der Waals surface area (Å²) in [6, 6.07) is 14.8. The number of aryl methyl sites for hydroxylation is 2. The summed E-state index contributed by atoms with van der Waals surface area (Å²) in [5, 5.41) is 14.2. The molecule has 1 aromatic heterocycles. The number of nitrogens with zero attached hydrogens (tertiary/aromatic N) is 3. The molecule has 0 amide bonds. The molecule has 0 fully saturated rings. The summed E-state index contributed by atoms with van der Waals surface area (Å²) < 4.78 is 3.44. The lowest BCUT2D eigenvalue weighted by Crippen LogP contribution is -2.26. The number of hydrogen-bond acceptors (Lipinski definition) is 3. The Labute approximate surface area is 202 Å². The zero-order valence-electron chi connectivity index (χ0n) is 20.5. The average molecular weight is 464 g/mol. The van der Waals surface area contributed by atoms with Gasteiger partial charge < -0.3 is 5.11 Å². The summed E-state index contributed by atoms with van der Waals surface area (Å²) in [7, 11) is 0. The molecule has 0 bridgehead atoms. The highest BCUT2D eigenvalue weighted by atomic mass is 16.4. The van der Waals surface area contributed by atoms with Crippen LogP contribution in [0.5, 0.6) is 0 Å². The lowest BCUT2D eigenvalue weighted by atomic mass is 9.99. The van der Waals surface area contributed by atoms with E-state index in [1.54, 1.807) is 21.4 Å². The van der Waals surface area contributed by atoms with Crippen molar-refractivity contribution >= 4 is 5.97 Å². The molecule has 0 saturated heterocycles. The monoisotopic (exact) mass is 463 g/mol. The zero-order chi connectivity index (χ0) is 24.3. The van der Waals surface area contributed by atoms with Crippen LogP contribution in [0.3, 0.4) is 0 Å². The quantitative estimate of drug-likeness (QED) is 0.290. The van der Waals surface area contributed by atoms with Gasteiger partial charge >= 0.3 is 11.7 Å². The molecule has 0 saturated carbocycles. The van der Waals surface area contributed by atoms with Crippen molar-refractivity contribution < 1.29 is 9.90 Å². The number of unbranched alkanes of at least 4 members (excludes halogenated alkanes) is 6. The van der Waals surface area contributed by atoms with Crippen molar-refractivity contribution in [2.24, 2.45) is 0 Å². The highest BCUT2D eigenvalue weighted by Gasteiger charge is 2.14. The molecule has 0 radical (unpaired) electrons. The number of hydrogen-bond donors (Lipinski definition) is 1. The lowest BCUT2D eigenvalue weighted by Gasteiger charge is -2.09. The van der Waals surface area contributed by atoms with E-state index < -0.39 is 5.97 Å². The summed E-state index contributed by atoms with van der Waals surface area (Å²) in [6.07, 6.45) is 9.92. The van der Waals surface area contributed by atoms with Crippen molar-refractivity contribution in [3.63, 3.8) is 0 Å². The highest BCUT2D eigenvalue weighted by molar-refractivity contribution is 5.95. The summed E-state index contributed by atoms with van der Waals surface area (Å²) in [6.45, 7) is 5.49. The molecule has 0 unspecified atom stereocenters. The first-order valence-corrected chi connectivity index (χ1v) is 12.6. The third-order valence-electron chi connectivity index (χ3n) is 6.24. The second kappa shape index (κ2) is 12.9. The summed E-state index contributed by atoms with van der Waals surface area (Å²) >= 11 is 0. The van der Waals surface area contributed by atoms with Gasteiger partial charge in [-0.25, -0.2) is 14.3 Å². The molecule has 1 N–H and O–H groups in total. The van der Waals surface area contributed by atoms with E-state index in [0.29, 0.717) is 18.7 Å². The van der Waals surface area contributed by atoms with Crippen LogP contribution in [0.4, 0.5) is 0 Å². The van der Waals surface area contributed by atoms with Crippen molar-refractivity contribution in [1.29, 1.82) is 0 Å². The van der Waals surface area contributed by atoms with Gasteiger partial charge in [0.1, 0.15) is 5.82 Å². The average Bonchev–Trinajstić information content (AvgIpc) is 3.14. The van der Waals surface area contributed by atoms with Crippen molar-refractivity contribution in [2.45, 2.75) is 84.7 Å². The fraction of sp³-hybridized carbons (Fsp3) is 0.464. The van der Waals surface area contributed by atoms with E-state index in [2.05, 4.69) is 18.9 Å². The van der Waals surface area contributed by atoms with Gasteiger partial charge in [-0.3, -0.25) is 4.57 Å². The third kappa shape index (κ3) is 6.69. The first-order valence-electron chi connectivity index (χ1n) is 12.6. The van der Waals surface area contributed by atoms with Gasteiger partial charge in [-0.15, -0.1) is 0 Å². The Bertz CT molecular complexity index is 1110. The molecule has 3 aromatic rings. The number of aromatic nitrogens is 3. The van der Waals surface area contributed by atoms with Crippen LogP contribution in [0.25, 0.3) is 11.1 Å². The van der Waals surface area contributed by atoms with E-state index in [9.17, 15) is 14.7 Å². The molecular formula is C28H37N3O3. The van der Waals surface area contributed by atoms with Gasteiger partial charge in [0.05, 0.1) is 12.1 Å². The van der Waals surface area contributed by atoms with E-state index in [-0.39, 0.29) is 11.3 Å². The third-order valence-corrected chi connectivity index (χ3v) is 6.24. The molecule has 2 aromatic carbocycles. The van der Waals surface area contributed by atoms with Gasteiger partial charge in [-0.05, 0) is 35.6 Å². The van der Waals surface area contributed by atoms with Gasteiger partial charge in [-0.1, -0.05) is 94.8 Å². The number of rotatable bonds is 14. The number of aromatic carboxylic acids is 1. The van der Waals surface area contributed by atoms with Crippen molar-refractivity contribution in [3.8, 4) is 11.1 Å². The molecular weight excluding hydrogens is 426 g/mol. The predicted molar refractivity (Wildman–Crippen MR) is 136 cm³/mol. The molecule has 3 rings (SSSR count). The maximum atomic E-state index is 13.1. The van der Waals surface area contributed by atoms with Crippen LogP contribution in [0.1, 0.15) is 87.0 Å². The Morgan fingerprint density at radius 1 is 0.882 bits per heavy atom. The van der Waals surface area contributed by atoms with Gasteiger partial charge in [0.2, 0.25) is 0 Å². The molecule has 0 aliphatic rings. The Hall–Kier alpha value is -3.15. The second-order valence-electron chi connectivity index (χ2n) is 8.93. The van der Waals surface area contributed by atoms with Crippen molar-refractivity contribution in [1.82, 2.24) is 14.3 Å². The summed E-state index contributed by atoms with van der Waals surface area (Å²) in [5.41, 5.74) is 2.77. The van der Waals surface area contributed by atoms with Gasteiger partial charge in [0, 0.05) is 13.0 Å². The Balaban J connectivity index is 1.75. The molecule has 0 aliphatic heterocycles. The Morgan fingerprint density at radius 2 is 1.56 bits per heavy atom. The molecule has 182 valence electrons. The maximum Gasteiger partial charge on any atom is 0.346 e. The zero-order valence-corrected chi connectivity index (χ0v) is 20.5. The van der Waals surface area contributed by atoms with Crippen LogP contribution in [-0.2, 0) is 19.5 Å². The van der Waals surface area contributed by atoms with Crippen LogP contribution in [-0.4, -0.2) is 25.4 Å². The minimum Gasteiger partial charge on any atom is -0.478 e. The molecule has 0 aliphatic carbocycles. The molecule has 34 heavy (non-hydrogen) atoms. The largest absolute Gasteiger partial charge is 0.478 e. The van der Waals surface area contributed by atoms with Crippen LogP contribution < -0.4 is 5.69 Å². The minimum absolute atomic E-state index is 0.0417. The molecule has 6 nitrogen and oxygen atoms in total. The summed E-state index contributed by atoms with van der Waals surface area (Å²) in [4.78, 5) is 24.7. The fourth-order valence-electron chi connectivity index (χ4n) is 4.25. The smallest absolute Gasteiger partial charge is 0.346 e. The number of benzene rings is 2. The lowest BCUT2D eigenvalue weighted by molar-refractivity contribution is 0.0697. The van der Waals surface area contributed by atoms with Crippen molar-refractivity contribution in [2.75, 3.05) is 0 Å². The van der Waals surface area contributed by atoms with Crippen LogP contribution in [0.15, 0.2) is 53.3 Å². The standard InChI is InChI=1S/C28H37N3O3/c1-3-5-7-8-9-12-20-31-28(34)30(26(29-31)15-6-4-2)21-22-16-18-23(19-17-22)24-13-10-11-14-25(24)27(32)33/h10-11,13-14,16-19H,3-9,12,15,20-21H2,1-2H3,(H,32,33). The SMILES string of the molecule is CCCCCCCCn1nc(CCCC)n(Cc2ccc(-c3ccccc3C(=O)O)cc2)c1=O. The maximum absolute atomic E-state index is 13.1. The van der Waals surface area contributed by atoms with Gasteiger partial charge in [0.15, 0.2) is 0 Å². The first-order chi connectivity index (χ1) is 16.5. The van der Waals surface area contributed by atoms with E-state index in [1.807, 2.05) is 36.4 Å². The number of carbonyl (C=O) groups is 1. The first kappa shape index (κ1) is 25.5. The second-order valence-corrected chi connectivity index (χ2v) is 8.93. The normalized spacial score (nSPS) is 11.1. The summed E-state index contributed by atoms with van der Waals surface area (Å²) in [5.74, 6) is -0.0947. The highest BCUT2D eigenvalue weighted by Crippen LogP contribution is 2.24. The van der Waals surface area contributed by atoms with Crippen molar-refractivity contribution in [3.05, 3.63) is 76.0 Å². The van der Waals surface area contributed by atoms with E-state index in [4.69, 9.17) is 0 Å². The Kier molecular flexibility index (Phi) is 9.68. The van der Waals surface area contributed by atoms with Gasteiger partial charge in [0.25, 0.3) is 0 Å². The topological polar surface area (TPSA) is 77.1 Å². The van der Waals surface area contributed by atoms with Crippen LogP contribution >= 0.6 is 0 Å². The molecule has 6 heteroatoms. The van der Waals surface area contributed by atoms with Crippen LogP contribution in [0, 0.1) is 0 Å². The van der Waals surface area contributed by atoms with Gasteiger partial charge in [-0.2, -0.15) is 5.10 Å².